The van der Waals surface area contributed by atoms with Gasteiger partial charge >= 0.3 is 5.97 Å². The average molecular weight is 306 g/mol. The molecule has 0 fully saturated rings. The van der Waals surface area contributed by atoms with Crippen molar-refractivity contribution in [2.24, 2.45) is 0 Å². The molecule has 0 radical (unpaired) electrons. The number of carbonyl (C=O) groups is 2. The zero-order valence-electron chi connectivity index (χ0n) is 10.7. The number of aromatic nitrogens is 1. The highest BCUT2D eigenvalue weighted by Crippen LogP contribution is 2.18. The number of anilines is 1. The third-order valence-corrected chi connectivity index (χ3v) is 3.47. The zero-order chi connectivity index (χ0) is 15.2. The van der Waals surface area contributed by atoms with E-state index in [9.17, 15) is 14.0 Å². The van der Waals surface area contributed by atoms with Gasteiger partial charge in [-0.2, -0.15) is 0 Å². The molecular weight excluding hydrogens is 295 g/mol. The maximum absolute atomic E-state index is 12.7. The minimum Gasteiger partial charge on any atom is -0.478 e. The lowest BCUT2D eigenvalue weighted by Crippen LogP contribution is -2.15. The molecule has 0 bridgehead atoms. The zero-order valence-corrected chi connectivity index (χ0v) is 11.6. The highest BCUT2D eigenvalue weighted by Gasteiger charge is 2.08. The number of carboxylic acid groups (broad SMARTS) is 1. The minimum absolute atomic E-state index is 0.0477. The normalized spacial score (nSPS) is 10.1. The maximum Gasteiger partial charge on any atom is 0.335 e. The lowest BCUT2D eigenvalue weighted by atomic mass is 10.2. The van der Waals surface area contributed by atoms with Crippen molar-refractivity contribution in [2.75, 3.05) is 11.1 Å². The summed E-state index contributed by atoms with van der Waals surface area (Å²) in [7, 11) is 0. The Labute approximate surface area is 124 Å². The van der Waals surface area contributed by atoms with Crippen molar-refractivity contribution >= 4 is 29.5 Å². The molecule has 1 heterocycles. The number of benzene rings is 1. The molecular formula is C14H11FN2O3S. The van der Waals surface area contributed by atoms with Crippen LogP contribution in [0.15, 0.2) is 47.5 Å². The molecule has 108 valence electrons. The molecule has 0 spiro atoms. The van der Waals surface area contributed by atoms with Crippen LogP contribution < -0.4 is 5.32 Å². The Hall–Kier alpha value is -2.41. The predicted octanol–water partition coefficient (Wildman–Crippen LogP) is 2.65. The first-order valence-electron chi connectivity index (χ1n) is 5.92. The van der Waals surface area contributed by atoms with E-state index in [0.717, 1.165) is 4.90 Å². The van der Waals surface area contributed by atoms with Crippen molar-refractivity contribution in [1.29, 1.82) is 0 Å². The number of aromatic carboxylic acids is 1. The van der Waals surface area contributed by atoms with Crippen LogP contribution in [-0.2, 0) is 4.79 Å². The van der Waals surface area contributed by atoms with Gasteiger partial charge in [0.1, 0.15) is 11.6 Å². The lowest BCUT2D eigenvalue weighted by Gasteiger charge is -2.05. The van der Waals surface area contributed by atoms with Crippen molar-refractivity contribution in [1.82, 2.24) is 4.98 Å². The van der Waals surface area contributed by atoms with Gasteiger partial charge in [0.25, 0.3) is 0 Å². The quantitative estimate of drug-likeness (QED) is 0.830. The van der Waals surface area contributed by atoms with E-state index in [-0.39, 0.29) is 28.9 Å². The predicted molar refractivity (Wildman–Crippen MR) is 77.0 cm³/mol. The number of rotatable bonds is 5. The summed E-state index contributed by atoms with van der Waals surface area (Å²) in [5.74, 6) is -1.45. The Kier molecular flexibility index (Phi) is 4.89. The summed E-state index contributed by atoms with van der Waals surface area (Å²) < 4.78 is 12.7. The van der Waals surface area contributed by atoms with E-state index in [0.29, 0.717) is 0 Å². The van der Waals surface area contributed by atoms with E-state index in [1.807, 2.05) is 0 Å². The van der Waals surface area contributed by atoms with Gasteiger partial charge in [-0.25, -0.2) is 14.2 Å². The summed E-state index contributed by atoms with van der Waals surface area (Å²) in [5.41, 5.74) is 0.0477. The molecule has 7 heteroatoms. The van der Waals surface area contributed by atoms with E-state index < -0.39 is 5.97 Å². The maximum atomic E-state index is 12.7. The largest absolute Gasteiger partial charge is 0.478 e. The topological polar surface area (TPSA) is 79.3 Å². The molecule has 2 N–H and O–H groups in total. The molecule has 0 atom stereocenters. The average Bonchev–Trinajstić information content (AvgIpc) is 2.47. The lowest BCUT2D eigenvalue weighted by molar-refractivity contribution is -0.113. The molecule has 2 rings (SSSR count). The van der Waals surface area contributed by atoms with Crippen molar-refractivity contribution in [3.05, 3.63) is 54.0 Å². The Morgan fingerprint density at radius 1 is 1.24 bits per heavy atom. The standard InChI is InChI=1S/C14H11FN2O3S/c15-10-1-3-11(4-2-10)21-8-13(18)17-12-7-9(14(19)20)5-6-16-12/h1-7H,8H2,(H,19,20)(H,16,17,18). The third-order valence-electron chi connectivity index (χ3n) is 2.46. The summed E-state index contributed by atoms with van der Waals surface area (Å²) in [6.07, 6.45) is 1.31. The molecule has 5 nitrogen and oxygen atoms in total. The van der Waals surface area contributed by atoms with Gasteiger partial charge in [-0.1, -0.05) is 0 Å². The summed E-state index contributed by atoms with van der Waals surface area (Å²) in [6, 6.07) is 8.41. The smallest absolute Gasteiger partial charge is 0.335 e. The molecule has 2 aromatic rings. The van der Waals surface area contributed by atoms with Crippen LogP contribution in [0, 0.1) is 5.82 Å². The molecule has 21 heavy (non-hydrogen) atoms. The number of amides is 1. The Balaban J connectivity index is 1.91. The fourth-order valence-electron chi connectivity index (χ4n) is 1.49. The summed E-state index contributed by atoms with van der Waals surface area (Å²) in [5, 5.41) is 11.4. The molecule has 0 aliphatic carbocycles. The summed E-state index contributed by atoms with van der Waals surface area (Å²) >= 11 is 1.24. The van der Waals surface area contributed by atoms with Crippen molar-refractivity contribution in [3.8, 4) is 0 Å². The highest BCUT2D eigenvalue weighted by atomic mass is 32.2. The first kappa shape index (κ1) is 15.0. The van der Waals surface area contributed by atoms with Gasteiger partial charge in [0.15, 0.2) is 0 Å². The van der Waals surface area contributed by atoms with Gasteiger partial charge in [0, 0.05) is 11.1 Å². The number of carboxylic acids is 1. The van der Waals surface area contributed by atoms with Gasteiger partial charge in [0.2, 0.25) is 5.91 Å². The monoisotopic (exact) mass is 306 g/mol. The molecule has 1 aromatic carbocycles. The van der Waals surface area contributed by atoms with Crippen LogP contribution in [0.4, 0.5) is 10.2 Å². The van der Waals surface area contributed by atoms with Crippen molar-refractivity contribution in [3.63, 3.8) is 0 Å². The molecule has 0 saturated carbocycles. The Morgan fingerprint density at radius 3 is 2.62 bits per heavy atom. The van der Waals surface area contributed by atoms with E-state index >= 15 is 0 Å². The number of nitrogens with zero attached hydrogens (tertiary/aromatic N) is 1. The summed E-state index contributed by atoms with van der Waals surface area (Å²) in [6.45, 7) is 0. The van der Waals surface area contributed by atoms with Crippen LogP contribution in [0.5, 0.6) is 0 Å². The van der Waals surface area contributed by atoms with E-state index in [1.165, 1.54) is 42.2 Å². The van der Waals surface area contributed by atoms with Crippen molar-refractivity contribution < 1.29 is 19.1 Å². The third kappa shape index (κ3) is 4.57. The van der Waals surface area contributed by atoms with Crippen LogP contribution in [0.25, 0.3) is 0 Å². The number of hydrogen-bond acceptors (Lipinski definition) is 4. The van der Waals surface area contributed by atoms with Crippen LogP contribution in [0.1, 0.15) is 10.4 Å². The SMILES string of the molecule is O=C(CSc1ccc(F)cc1)Nc1cc(C(=O)O)ccn1. The van der Waals surface area contributed by atoms with Crippen LogP contribution >= 0.6 is 11.8 Å². The van der Waals surface area contributed by atoms with E-state index in [2.05, 4.69) is 10.3 Å². The first-order valence-corrected chi connectivity index (χ1v) is 6.91. The number of carbonyl (C=O) groups excluding carboxylic acids is 1. The van der Waals surface area contributed by atoms with Gasteiger partial charge in [-0.05, 0) is 36.4 Å². The first-order chi connectivity index (χ1) is 10.0. The van der Waals surface area contributed by atoms with Gasteiger partial charge in [-0.15, -0.1) is 11.8 Å². The highest BCUT2D eigenvalue weighted by molar-refractivity contribution is 8.00. The Bertz CT molecular complexity index is 662. The molecule has 0 aliphatic rings. The van der Waals surface area contributed by atoms with Crippen LogP contribution in [0.2, 0.25) is 0 Å². The number of nitrogens with one attached hydrogen (secondary N) is 1. The minimum atomic E-state index is -1.09. The molecule has 0 aliphatic heterocycles. The van der Waals surface area contributed by atoms with Gasteiger partial charge in [-0.3, -0.25) is 4.79 Å². The molecule has 1 amide bonds. The number of thioether (sulfide) groups is 1. The second-order valence-electron chi connectivity index (χ2n) is 4.03. The molecule has 0 unspecified atom stereocenters. The summed E-state index contributed by atoms with van der Waals surface area (Å²) in [4.78, 5) is 27.2. The molecule has 1 aromatic heterocycles. The van der Waals surface area contributed by atoms with Crippen molar-refractivity contribution in [2.45, 2.75) is 4.90 Å². The number of pyridine rings is 1. The number of halogens is 1. The second-order valence-corrected chi connectivity index (χ2v) is 5.07. The fraction of sp³-hybridized carbons (Fsp3) is 0.0714. The van der Waals surface area contributed by atoms with E-state index in [1.54, 1.807) is 12.1 Å². The second kappa shape index (κ2) is 6.85. The fourth-order valence-corrected chi connectivity index (χ4v) is 2.19. The number of hydrogen-bond donors (Lipinski definition) is 2. The van der Waals surface area contributed by atoms with Gasteiger partial charge in [0.05, 0.1) is 11.3 Å². The van der Waals surface area contributed by atoms with E-state index in [4.69, 9.17) is 5.11 Å². The van der Waals surface area contributed by atoms with Crippen LogP contribution in [-0.4, -0.2) is 27.7 Å². The molecule has 0 saturated heterocycles. The Morgan fingerprint density at radius 2 is 1.95 bits per heavy atom. The van der Waals surface area contributed by atoms with Gasteiger partial charge < -0.3 is 10.4 Å². The van der Waals surface area contributed by atoms with Crippen LogP contribution in [0.3, 0.4) is 0 Å².